The van der Waals surface area contributed by atoms with E-state index in [1.54, 1.807) is 6.92 Å². The van der Waals surface area contributed by atoms with Crippen molar-refractivity contribution in [1.82, 2.24) is 5.32 Å². The van der Waals surface area contributed by atoms with Gasteiger partial charge in [-0.2, -0.15) is 0 Å². The van der Waals surface area contributed by atoms with E-state index in [1.165, 1.54) is 32.1 Å². The SMILES string of the molecule is CCCCCCCC(NC)C(C)=O. The topological polar surface area (TPSA) is 29.1 Å². The molecule has 2 heteroatoms. The molecule has 0 aromatic heterocycles. The van der Waals surface area contributed by atoms with Crippen LogP contribution in [0, 0.1) is 0 Å². The van der Waals surface area contributed by atoms with Crippen molar-refractivity contribution in [3.8, 4) is 0 Å². The Bertz CT molecular complexity index is 134. The molecule has 0 fully saturated rings. The molecule has 0 aliphatic carbocycles. The molecule has 1 N–H and O–H groups in total. The highest BCUT2D eigenvalue weighted by molar-refractivity contribution is 5.81. The molecule has 78 valence electrons. The first-order chi connectivity index (χ1) is 6.22. The quantitative estimate of drug-likeness (QED) is 0.589. The largest absolute Gasteiger partial charge is 0.311 e. The Morgan fingerprint density at radius 2 is 1.85 bits per heavy atom. The summed E-state index contributed by atoms with van der Waals surface area (Å²) in [4.78, 5) is 11.0. The fourth-order valence-corrected chi connectivity index (χ4v) is 1.50. The first kappa shape index (κ1) is 12.6. The van der Waals surface area contributed by atoms with E-state index < -0.39 is 0 Å². The molecule has 2 nitrogen and oxygen atoms in total. The third-order valence-electron chi connectivity index (χ3n) is 2.44. The van der Waals surface area contributed by atoms with Crippen molar-refractivity contribution in [2.24, 2.45) is 0 Å². The Balaban J connectivity index is 3.33. The number of carbonyl (C=O) groups excluding carboxylic acids is 1. The van der Waals surface area contributed by atoms with Gasteiger partial charge in [-0.25, -0.2) is 0 Å². The van der Waals surface area contributed by atoms with E-state index in [0.717, 1.165) is 6.42 Å². The molecule has 0 bridgehead atoms. The summed E-state index contributed by atoms with van der Waals surface area (Å²) in [6, 6.07) is 0.0848. The maximum Gasteiger partial charge on any atom is 0.146 e. The van der Waals surface area contributed by atoms with Crippen LogP contribution in [0.2, 0.25) is 0 Å². The highest BCUT2D eigenvalue weighted by Gasteiger charge is 2.09. The van der Waals surface area contributed by atoms with Crippen LogP contribution in [0.25, 0.3) is 0 Å². The maximum absolute atomic E-state index is 11.0. The third kappa shape index (κ3) is 6.76. The molecule has 0 radical (unpaired) electrons. The van der Waals surface area contributed by atoms with Gasteiger partial charge in [0.15, 0.2) is 0 Å². The summed E-state index contributed by atoms with van der Waals surface area (Å²) in [6.45, 7) is 3.87. The third-order valence-corrected chi connectivity index (χ3v) is 2.44. The molecule has 0 aromatic rings. The van der Waals surface area contributed by atoms with Gasteiger partial charge in [0.05, 0.1) is 6.04 Å². The van der Waals surface area contributed by atoms with Gasteiger partial charge in [-0.3, -0.25) is 4.79 Å². The lowest BCUT2D eigenvalue weighted by Gasteiger charge is -2.11. The summed E-state index contributed by atoms with van der Waals surface area (Å²) in [5.74, 6) is 0.262. The van der Waals surface area contributed by atoms with E-state index in [-0.39, 0.29) is 11.8 Å². The van der Waals surface area contributed by atoms with Crippen LogP contribution in [0.15, 0.2) is 0 Å². The Kier molecular flexibility index (Phi) is 8.00. The molecule has 1 unspecified atom stereocenters. The average molecular weight is 185 g/mol. The zero-order valence-corrected chi connectivity index (χ0v) is 9.23. The normalized spacial score (nSPS) is 12.8. The van der Waals surface area contributed by atoms with E-state index in [9.17, 15) is 4.79 Å². The van der Waals surface area contributed by atoms with Crippen LogP contribution in [0.1, 0.15) is 52.4 Å². The van der Waals surface area contributed by atoms with E-state index in [4.69, 9.17) is 0 Å². The number of hydrogen-bond acceptors (Lipinski definition) is 2. The number of carbonyl (C=O) groups is 1. The molecule has 0 aromatic carbocycles. The average Bonchev–Trinajstić information content (AvgIpc) is 2.10. The van der Waals surface area contributed by atoms with Crippen LogP contribution in [-0.2, 0) is 4.79 Å². The van der Waals surface area contributed by atoms with Crippen molar-refractivity contribution in [3.63, 3.8) is 0 Å². The lowest BCUT2D eigenvalue weighted by molar-refractivity contribution is -0.119. The van der Waals surface area contributed by atoms with E-state index in [0.29, 0.717) is 0 Å². The number of unbranched alkanes of at least 4 members (excludes halogenated alkanes) is 4. The van der Waals surface area contributed by atoms with Crippen LogP contribution >= 0.6 is 0 Å². The lowest BCUT2D eigenvalue weighted by atomic mass is 10.0. The predicted octanol–water partition coefficient (Wildman–Crippen LogP) is 2.52. The molecule has 1 atom stereocenters. The Morgan fingerprint density at radius 1 is 1.23 bits per heavy atom. The van der Waals surface area contributed by atoms with Gasteiger partial charge in [0.1, 0.15) is 5.78 Å². The maximum atomic E-state index is 11.0. The molecule has 0 saturated carbocycles. The molecule has 0 aliphatic heterocycles. The first-order valence-corrected chi connectivity index (χ1v) is 5.40. The lowest BCUT2D eigenvalue weighted by Crippen LogP contribution is -2.31. The molecule has 0 rings (SSSR count). The Morgan fingerprint density at radius 3 is 2.31 bits per heavy atom. The smallest absolute Gasteiger partial charge is 0.146 e. The summed E-state index contributed by atoms with van der Waals surface area (Å²) in [7, 11) is 1.86. The molecule has 0 spiro atoms. The van der Waals surface area contributed by atoms with Crippen LogP contribution in [0.5, 0.6) is 0 Å². The minimum atomic E-state index is 0.0848. The Hall–Kier alpha value is -0.370. The van der Waals surface area contributed by atoms with E-state index in [1.807, 2.05) is 7.05 Å². The van der Waals surface area contributed by atoms with Crippen LogP contribution in [0.4, 0.5) is 0 Å². The summed E-state index contributed by atoms with van der Waals surface area (Å²) < 4.78 is 0. The second-order valence-electron chi connectivity index (χ2n) is 3.65. The van der Waals surface area contributed by atoms with Crippen LogP contribution in [-0.4, -0.2) is 18.9 Å². The van der Waals surface area contributed by atoms with Crippen LogP contribution in [0.3, 0.4) is 0 Å². The highest BCUT2D eigenvalue weighted by atomic mass is 16.1. The van der Waals surface area contributed by atoms with Gasteiger partial charge < -0.3 is 5.32 Å². The number of hydrogen-bond donors (Lipinski definition) is 1. The summed E-state index contributed by atoms with van der Waals surface area (Å²) in [5, 5.41) is 3.04. The van der Waals surface area contributed by atoms with Gasteiger partial charge in [-0.15, -0.1) is 0 Å². The van der Waals surface area contributed by atoms with Gasteiger partial charge >= 0.3 is 0 Å². The van der Waals surface area contributed by atoms with Gasteiger partial charge in [-0.1, -0.05) is 39.0 Å². The fourth-order valence-electron chi connectivity index (χ4n) is 1.50. The van der Waals surface area contributed by atoms with Crippen molar-refractivity contribution in [2.75, 3.05) is 7.05 Å². The van der Waals surface area contributed by atoms with E-state index in [2.05, 4.69) is 12.2 Å². The van der Waals surface area contributed by atoms with Gasteiger partial charge in [0.25, 0.3) is 0 Å². The monoisotopic (exact) mass is 185 g/mol. The van der Waals surface area contributed by atoms with Crippen LogP contribution < -0.4 is 5.32 Å². The number of rotatable bonds is 8. The van der Waals surface area contributed by atoms with Crippen molar-refractivity contribution in [1.29, 1.82) is 0 Å². The minimum absolute atomic E-state index is 0.0848. The van der Waals surface area contributed by atoms with Crippen molar-refractivity contribution >= 4 is 5.78 Å². The van der Waals surface area contributed by atoms with Gasteiger partial charge in [0, 0.05) is 0 Å². The summed E-state index contributed by atoms with van der Waals surface area (Å²) >= 11 is 0. The zero-order valence-electron chi connectivity index (χ0n) is 9.23. The van der Waals surface area contributed by atoms with Crippen molar-refractivity contribution < 1.29 is 4.79 Å². The predicted molar refractivity (Wildman–Crippen MR) is 56.9 cm³/mol. The zero-order chi connectivity index (χ0) is 10.1. The summed E-state index contributed by atoms with van der Waals surface area (Å²) in [5.41, 5.74) is 0. The molecule has 0 amide bonds. The number of nitrogens with one attached hydrogen (secondary N) is 1. The minimum Gasteiger partial charge on any atom is -0.311 e. The fraction of sp³-hybridized carbons (Fsp3) is 0.909. The molecule has 13 heavy (non-hydrogen) atoms. The molecular weight excluding hydrogens is 162 g/mol. The summed E-state index contributed by atoms with van der Waals surface area (Å²) in [6.07, 6.45) is 7.34. The van der Waals surface area contributed by atoms with Crippen molar-refractivity contribution in [2.45, 2.75) is 58.4 Å². The number of likely N-dealkylation sites (N-methyl/N-ethyl adjacent to an activating group) is 1. The number of ketones is 1. The standard InChI is InChI=1S/C11H23NO/c1-4-5-6-7-8-9-11(12-3)10(2)13/h11-12H,4-9H2,1-3H3. The molecule has 0 aliphatic rings. The van der Waals surface area contributed by atoms with E-state index >= 15 is 0 Å². The molecular formula is C11H23NO. The van der Waals surface area contributed by atoms with Gasteiger partial charge in [-0.05, 0) is 20.4 Å². The molecule has 0 heterocycles. The molecule has 0 saturated heterocycles. The first-order valence-electron chi connectivity index (χ1n) is 5.40. The van der Waals surface area contributed by atoms with Crippen molar-refractivity contribution in [3.05, 3.63) is 0 Å². The van der Waals surface area contributed by atoms with Gasteiger partial charge in [0.2, 0.25) is 0 Å². The number of Topliss-reactive ketones (excluding diaryl/α,β-unsaturated/α-hetero) is 1. The Labute approximate surface area is 82.1 Å². The second kappa shape index (κ2) is 8.24. The second-order valence-corrected chi connectivity index (χ2v) is 3.65. The highest BCUT2D eigenvalue weighted by Crippen LogP contribution is 2.07.